The van der Waals surface area contributed by atoms with Crippen LogP contribution in [0.15, 0.2) is 12.1 Å². The van der Waals surface area contributed by atoms with E-state index >= 15 is 0 Å². The second kappa shape index (κ2) is 5.71. The van der Waals surface area contributed by atoms with E-state index in [9.17, 15) is 14.3 Å². The highest BCUT2D eigenvalue weighted by Gasteiger charge is 2.30. The highest BCUT2D eigenvalue weighted by molar-refractivity contribution is 6.08. The maximum absolute atomic E-state index is 14.0. The summed E-state index contributed by atoms with van der Waals surface area (Å²) < 4.78 is 14.0. The van der Waals surface area contributed by atoms with E-state index in [0.29, 0.717) is 18.6 Å². The zero-order valence-electron chi connectivity index (χ0n) is 10.8. The Hall–Kier alpha value is -1.40. The van der Waals surface area contributed by atoms with Crippen molar-refractivity contribution in [1.82, 2.24) is 5.32 Å². The third-order valence-corrected chi connectivity index (χ3v) is 3.29. The SMILES string of the molecule is [B]CCNCC(O)c1c(F)ccc2c1N(C)C(=O)C2. The number of amides is 1. The summed E-state index contributed by atoms with van der Waals surface area (Å²) in [4.78, 5) is 13.1. The number of anilines is 1. The molecule has 0 spiro atoms. The van der Waals surface area contributed by atoms with Crippen molar-refractivity contribution in [1.29, 1.82) is 0 Å². The third-order valence-electron chi connectivity index (χ3n) is 3.29. The number of fused-ring (bicyclic) bond motifs is 1. The lowest BCUT2D eigenvalue weighted by atomic mass is 10.0. The molecular weight excluding hydrogens is 246 g/mol. The Labute approximate surface area is 113 Å². The molecule has 2 radical (unpaired) electrons. The van der Waals surface area contributed by atoms with Crippen LogP contribution >= 0.6 is 0 Å². The van der Waals surface area contributed by atoms with Crippen molar-refractivity contribution in [3.8, 4) is 0 Å². The highest BCUT2D eigenvalue weighted by Crippen LogP contribution is 2.36. The molecule has 0 aliphatic carbocycles. The fourth-order valence-electron chi connectivity index (χ4n) is 2.33. The molecule has 1 heterocycles. The van der Waals surface area contributed by atoms with Crippen molar-refractivity contribution >= 4 is 19.4 Å². The Balaban J connectivity index is 2.30. The summed E-state index contributed by atoms with van der Waals surface area (Å²) in [6.07, 6.45) is -0.308. The van der Waals surface area contributed by atoms with Crippen LogP contribution in [-0.2, 0) is 11.2 Å². The Morgan fingerprint density at radius 3 is 3.00 bits per heavy atom. The number of likely N-dealkylation sites (N-methyl/N-ethyl adjacent to an activating group) is 1. The average molecular weight is 262 g/mol. The average Bonchev–Trinajstić information content (AvgIpc) is 2.66. The molecule has 19 heavy (non-hydrogen) atoms. The molecule has 0 saturated heterocycles. The normalized spacial score (nSPS) is 15.7. The molecule has 0 aromatic heterocycles. The summed E-state index contributed by atoms with van der Waals surface area (Å²) in [5.41, 5.74) is 1.42. The maximum atomic E-state index is 14.0. The van der Waals surface area contributed by atoms with Crippen molar-refractivity contribution < 1.29 is 14.3 Å². The van der Waals surface area contributed by atoms with Crippen molar-refractivity contribution in [2.24, 2.45) is 0 Å². The van der Waals surface area contributed by atoms with Crippen LogP contribution in [0.25, 0.3) is 0 Å². The number of benzene rings is 1. The number of hydrogen-bond acceptors (Lipinski definition) is 3. The first-order chi connectivity index (χ1) is 9.06. The van der Waals surface area contributed by atoms with Gasteiger partial charge in [0.1, 0.15) is 5.82 Å². The van der Waals surface area contributed by atoms with Crippen LogP contribution in [0.1, 0.15) is 17.2 Å². The summed E-state index contributed by atoms with van der Waals surface area (Å²) in [7, 11) is 6.94. The van der Waals surface area contributed by atoms with Gasteiger partial charge in [0, 0.05) is 19.2 Å². The van der Waals surface area contributed by atoms with Gasteiger partial charge in [0.2, 0.25) is 5.91 Å². The highest BCUT2D eigenvalue weighted by atomic mass is 19.1. The first-order valence-corrected chi connectivity index (χ1v) is 6.23. The van der Waals surface area contributed by atoms with E-state index in [1.807, 2.05) is 0 Å². The number of hydrogen-bond donors (Lipinski definition) is 2. The molecule has 0 fully saturated rings. The molecule has 6 heteroatoms. The van der Waals surface area contributed by atoms with Crippen molar-refractivity contribution in [2.45, 2.75) is 18.8 Å². The van der Waals surface area contributed by atoms with Gasteiger partial charge in [-0.15, -0.1) is 0 Å². The molecule has 1 aliphatic rings. The Kier molecular flexibility index (Phi) is 4.22. The van der Waals surface area contributed by atoms with Crippen LogP contribution in [0.5, 0.6) is 0 Å². The molecule has 2 N–H and O–H groups in total. The molecule has 0 saturated carbocycles. The predicted octanol–water partition coefficient (Wildman–Crippen LogP) is 0.554. The fraction of sp³-hybridized carbons (Fsp3) is 0.462. The van der Waals surface area contributed by atoms with Gasteiger partial charge < -0.3 is 15.3 Å². The summed E-state index contributed by atoms with van der Waals surface area (Å²) in [5, 5.41) is 13.0. The molecule has 1 aromatic carbocycles. The minimum atomic E-state index is -1.00. The molecule has 1 amide bonds. The van der Waals surface area contributed by atoms with Gasteiger partial charge in [-0.25, -0.2) is 4.39 Å². The van der Waals surface area contributed by atoms with Gasteiger partial charge in [0.15, 0.2) is 0 Å². The van der Waals surface area contributed by atoms with E-state index in [2.05, 4.69) is 5.32 Å². The number of nitrogens with one attached hydrogen (secondary N) is 1. The molecule has 100 valence electrons. The van der Waals surface area contributed by atoms with Crippen LogP contribution in [0, 0.1) is 5.82 Å². The smallest absolute Gasteiger partial charge is 0.231 e. The second-order valence-electron chi connectivity index (χ2n) is 4.61. The molecule has 1 aromatic rings. The summed E-state index contributed by atoms with van der Waals surface area (Å²) in [6.45, 7) is 0.745. The summed E-state index contributed by atoms with van der Waals surface area (Å²) in [6, 6.07) is 2.89. The van der Waals surface area contributed by atoms with Crippen LogP contribution in [0.4, 0.5) is 10.1 Å². The van der Waals surface area contributed by atoms with Crippen LogP contribution in [0.2, 0.25) is 6.32 Å². The van der Waals surface area contributed by atoms with E-state index in [1.54, 1.807) is 13.1 Å². The molecule has 1 unspecified atom stereocenters. The number of halogens is 1. The lowest BCUT2D eigenvalue weighted by molar-refractivity contribution is -0.117. The van der Waals surface area contributed by atoms with Gasteiger partial charge in [-0.2, -0.15) is 0 Å². The van der Waals surface area contributed by atoms with Gasteiger partial charge in [-0.1, -0.05) is 12.4 Å². The van der Waals surface area contributed by atoms with Crippen LogP contribution < -0.4 is 10.2 Å². The fourth-order valence-corrected chi connectivity index (χ4v) is 2.33. The Morgan fingerprint density at radius 1 is 1.58 bits per heavy atom. The first kappa shape index (κ1) is 14.0. The van der Waals surface area contributed by atoms with Gasteiger partial charge in [0.05, 0.1) is 26.1 Å². The van der Waals surface area contributed by atoms with E-state index < -0.39 is 11.9 Å². The topological polar surface area (TPSA) is 52.6 Å². The van der Waals surface area contributed by atoms with E-state index in [4.69, 9.17) is 7.85 Å². The second-order valence-corrected chi connectivity index (χ2v) is 4.61. The quantitative estimate of drug-likeness (QED) is 0.602. The zero-order chi connectivity index (χ0) is 14.0. The maximum Gasteiger partial charge on any atom is 0.231 e. The monoisotopic (exact) mass is 262 g/mol. The number of nitrogens with zero attached hydrogens (tertiary/aromatic N) is 1. The lowest BCUT2D eigenvalue weighted by Gasteiger charge is -2.20. The lowest BCUT2D eigenvalue weighted by Crippen LogP contribution is -2.26. The van der Waals surface area contributed by atoms with Crippen molar-refractivity contribution in [2.75, 3.05) is 25.0 Å². The van der Waals surface area contributed by atoms with E-state index in [1.165, 1.54) is 11.0 Å². The number of aliphatic hydroxyl groups is 1. The number of rotatable bonds is 5. The third kappa shape index (κ3) is 2.64. The molecule has 1 aliphatic heterocycles. The Morgan fingerprint density at radius 2 is 2.32 bits per heavy atom. The van der Waals surface area contributed by atoms with E-state index in [0.717, 1.165) is 5.56 Å². The largest absolute Gasteiger partial charge is 0.387 e. The van der Waals surface area contributed by atoms with Gasteiger partial charge >= 0.3 is 0 Å². The van der Waals surface area contributed by atoms with Crippen LogP contribution in [0.3, 0.4) is 0 Å². The predicted molar refractivity (Wildman–Crippen MR) is 71.9 cm³/mol. The first-order valence-electron chi connectivity index (χ1n) is 6.23. The van der Waals surface area contributed by atoms with E-state index in [-0.39, 0.29) is 24.4 Å². The number of carbonyl (C=O) groups excluding carboxylic acids is 1. The van der Waals surface area contributed by atoms with Gasteiger partial charge in [-0.3, -0.25) is 4.79 Å². The minimum absolute atomic E-state index is 0.0935. The Bertz CT molecular complexity index is 496. The summed E-state index contributed by atoms with van der Waals surface area (Å²) in [5.74, 6) is -0.591. The minimum Gasteiger partial charge on any atom is -0.387 e. The van der Waals surface area contributed by atoms with Crippen molar-refractivity contribution in [3.05, 3.63) is 29.1 Å². The van der Waals surface area contributed by atoms with Crippen LogP contribution in [-0.4, -0.2) is 39.0 Å². The standard InChI is InChI=1S/C13H16BFN2O2/c1-17-11(19)6-8-2-3-9(15)12(13(8)17)10(18)7-16-5-4-14/h2-3,10,16,18H,4-7H2,1H3. The molecule has 1 atom stereocenters. The molecule has 2 rings (SSSR count). The number of aliphatic hydroxyl groups excluding tert-OH is 1. The zero-order valence-corrected chi connectivity index (χ0v) is 10.8. The molecule has 0 bridgehead atoms. The van der Waals surface area contributed by atoms with Gasteiger partial charge in [-0.05, 0) is 18.2 Å². The number of carbonyl (C=O) groups is 1. The summed E-state index contributed by atoms with van der Waals surface area (Å²) >= 11 is 0. The van der Waals surface area contributed by atoms with Gasteiger partial charge in [0.25, 0.3) is 0 Å². The molecular formula is C13H16BFN2O2. The van der Waals surface area contributed by atoms with Crippen molar-refractivity contribution in [3.63, 3.8) is 0 Å². The molecule has 4 nitrogen and oxygen atoms in total.